The minimum absolute atomic E-state index is 0.785. The fourth-order valence-electron chi connectivity index (χ4n) is 2.88. The minimum atomic E-state index is 0.785. The van der Waals surface area contributed by atoms with E-state index in [-0.39, 0.29) is 0 Å². The molecule has 1 aromatic carbocycles. The van der Waals surface area contributed by atoms with Crippen LogP contribution in [0.4, 0.5) is 0 Å². The van der Waals surface area contributed by atoms with Crippen molar-refractivity contribution >= 4 is 11.6 Å². The lowest BCUT2D eigenvalue weighted by atomic mass is 9.64. The molecule has 3 rings (SSSR count). The van der Waals surface area contributed by atoms with Crippen molar-refractivity contribution in [1.82, 2.24) is 5.32 Å². The molecule has 0 aromatic heterocycles. The lowest BCUT2D eigenvalue weighted by Crippen LogP contribution is -2.33. The third-order valence-corrected chi connectivity index (χ3v) is 4.02. The van der Waals surface area contributed by atoms with Crippen LogP contribution in [0.2, 0.25) is 5.02 Å². The highest BCUT2D eigenvalue weighted by Gasteiger charge is 2.44. The lowest BCUT2D eigenvalue weighted by Gasteiger charge is -2.40. The minimum Gasteiger partial charge on any atom is -0.316 e. The van der Waals surface area contributed by atoms with Gasteiger partial charge in [-0.15, -0.1) is 0 Å². The highest BCUT2D eigenvalue weighted by atomic mass is 35.5. The Balaban J connectivity index is 1.80. The zero-order valence-electron chi connectivity index (χ0n) is 8.04. The van der Waals surface area contributed by atoms with Gasteiger partial charge in [-0.25, -0.2) is 0 Å². The van der Waals surface area contributed by atoms with Crippen molar-refractivity contribution in [2.24, 2.45) is 11.8 Å². The molecule has 74 valence electrons. The van der Waals surface area contributed by atoms with Gasteiger partial charge in [0.25, 0.3) is 0 Å². The van der Waals surface area contributed by atoms with Crippen LogP contribution in [0.15, 0.2) is 24.3 Å². The van der Waals surface area contributed by atoms with Gasteiger partial charge in [0.15, 0.2) is 0 Å². The highest BCUT2D eigenvalue weighted by molar-refractivity contribution is 6.30. The van der Waals surface area contributed by atoms with Crippen molar-refractivity contribution in [3.63, 3.8) is 0 Å². The first kappa shape index (κ1) is 8.75. The van der Waals surface area contributed by atoms with Gasteiger partial charge in [0.1, 0.15) is 0 Å². The van der Waals surface area contributed by atoms with E-state index in [4.69, 9.17) is 11.6 Å². The Hall–Kier alpha value is -0.530. The first-order valence-corrected chi connectivity index (χ1v) is 5.68. The van der Waals surface area contributed by atoms with Crippen molar-refractivity contribution in [2.45, 2.75) is 12.3 Å². The van der Waals surface area contributed by atoms with Crippen LogP contribution in [-0.4, -0.2) is 13.1 Å². The molecule has 1 heterocycles. The van der Waals surface area contributed by atoms with Gasteiger partial charge in [0.05, 0.1) is 0 Å². The van der Waals surface area contributed by atoms with Gasteiger partial charge in [0.2, 0.25) is 0 Å². The molecule has 2 aliphatic rings. The van der Waals surface area contributed by atoms with Crippen molar-refractivity contribution in [3.8, 4) is 0 Å². The zero-order valence-corrected chi connectivity index (χ0v) is 8.80. The van der Waals surface area contributed by atoms with E-state index in [0.717, 1.165) is 22.8 Å². The van der Waals surface area contributed by atoms with Crippen LogP contribution < -0.4 is 5.32 Å². The molecule has 1 nitrogen and oxygen atoms in total. The second-order valence-corrected chi connectivity index (χ2v) is 4.91. The average Bonchev–Trinajstić information content (AvgIpc) is 2.52. The monoisotopic (exact) mass is 207 g/mol. The fourth-order valence-corrected chi connectivity index (χ4v) is 3.01. The summed E-state index contributed by atoms with van der Waals surface area (Å²) in [5, 5.41) is 4.31. The van der Waals surface area contributed by atoms with E-state index in [9.17, 15) is 0 Å². The van der Waals surface area contributed by atoms with Gasteiger partial charge in [-0.1, -0.05) is 23.7 Å². The van der Waals surface area contributed by atoms with E-state index in [1.807, 2.05) is 12.1 Å². The molecule has 2 heteroatoms. The Kier molecular flexibility index (Phi) is 2.03. The maximum absolute atomic E-state index is 5.88. The van der Waals surface area contributed by atoms with Crippen LogP contribution in [0.1, 0.15) is 17.9 Å². The molecule has 2 fully saturated rings. The topological polar surface area (TPSA) is 12.0 Å². The Bertz CT molecular complexity index is 333. The summed E-state index contributed by atoms with van der Waals surface area (Å²) in [6.07, 6.45) is 1.36. The van der Waals surface area contributed by atoms with Crippen LogP contribution in [0.5, 0.6) is 0 Å². The molecule has 1 saturated heterocycles. The summed E-state index contributed by atoms with van der Waals surface area (Å²) in [7, 11) is 0. The molecule has 0 bridgehead atoms. The van der Waals surface area contributed by atoms with Gasteiger partial charge >= 0.3 is 0 Å². The maximum atomic E-state index is 5.88. The highest BCUT2D eigenvalue weighted by Crippen LogP contribution is 2.48. The van der Waals surface area contributed by atoms with Crippen molar-refractivity contribution in [3.05, 3.63) is 34.9 Å². The molecule has 0 spiro atoms. The maximum Gasteiger partial charge on any atom is 0.0406 e. The van der Waals surface area contributed by atoms with Crippen LogP contribution in [0.3, 0.4) is 0 Å². The Morgan fingerprint density at radius 1 is 1.14 bits per heavy atom. The predicted octanol–water partition coefficient (Wildman–Crippen LogP) is 2.66. The van der Waals surface area contributed by atoms with E-state index < -0.39 is 0 Å². The van der Waals surface area contributed by atoms with E-state index in [2.05, 4.69) is 17.4 Å². The Morgan fingerprint density at radius 2 is 1.93 bits per heavy atom. The normalized spacial score (nSPS) is 35.1. The largest absolute Gasteiger partial charge is 0.316 e. The van der Waals surface area contributed by atoms with Gasteiger partial charge in [0, 0.05) is 5.02 Å². The van der Waals surface area contributed by atoms with Gasteiger partial charge in [-0.3, -0.25) is 0 Å². The number of hydrogen-bond donors (Lipinski definition) is 1. The number of benzene rings is 1. The zero-order chi connectivity index (χ0) is 9.54. The van der Waals surface area contributed by atoms with Gasteiger partial charge < -0.3 is 5.32 Å². The number of fused-ring (bicyclic) bond motifs is 1. The summed E-state index contributed by atoms with van der Waals surface area (Å²) in [5.41, 5.74) is 1.47. The molecule has 1 aliphatic heterocycles. The summed E-state index contributed by atoms with van der Waals surface area (Å²) in [5.74, 6) is 2.61. The van der Waals surface area contributed by atoms with Crippen molar-refractivity contribution in [2.75, 3.05) is 13.1 Å². The number of hydrogen-bond acceptors (Lipinski definition) is 1. The molecule has 1 aliphatic carbocycles. The molecule has 0 radical (unpaired) electrons. The van der Waals surface area contributed by atoms with E-state index in [1.54, 1.807) is 0 Å². The van der Waals surface area contributed by atoms with Gasteiger partial charge in [-0.2, -0.15) is 0 Å². The lowest BCUT2D eigenvalue weighted by molar-refractivity contribution is 0.191. The Labute approximate surface area is 89.5 Å². The van der Waals surface area contributed by atoms with Crippen LogP contribution in [0.25, 0.3) is 0 Å². The molecule has 1 saturated carbocycles. The van der Waals surface area contributed by atoms with Crippen molar-refractivity contribution < 1.29 is 0 Å². The molecule has 14 heavy (non-hydrogen) atoms. The molecular formula is C12H14ClN. The summed E-state index contributed by atoms with van der Waals surface area (Å²) < 4.78 is 0. The molecule has 1 N–H and O–H groups in total. The van der Waals surface area contributed by atoms with Gasteiger partial charge in [-0.05, 0) is 55.0 Å². The number of nitrogens with one attached hydrogen (secondary N) is 1. The van der Waals surface area contributed by atoms with Crippen LogP contribution >= 0.6 is 11.6 Å². The first-order chi connectivity index (χ1) is 6.84. The van der Waals surface area contributed by atoms with Crippen molar-refractivity contribution in [1.29, 1.82) is 0 Å². The standard InChI is InChI=1S/C12H14ClN/c13-10-3-1-8(2-4-10)11-5-9-6-14-7-12(9)11/h1-4,9,11-12,14H,5-7H2/t9-,11-,12-/m0/s1. The second-order valence-electron chi connectivity index (χ2n) is 4.48. The fraction of sp³-hybridized carbons (Fsp3) is 0.500. The average molecular weight is 208 g/mol. The summed E-state index contributed by atoms with van der Waals surface area (Å²) in [6.45, 7) is 2.44. The van der Waals surface area contributed by atoms with Crippen LogP contribution in [-0.2, 0) is 0 Å². The van der Waals surface area contributed by atoms with E-state index >= 15 is 0 Å². The van der Waals surface area contributed by atoms with Crippen LogP contribution in [0, 0.1) is 11.8 Å². The number of halogens is 1. The smallest absolute Gasteiger partial charge is 0.0406 e. The summed E-state index contributed by atoms with van der Waals surface area (Å²) >= 11 is 5.88. The molecular weight excluding hydrogens is 194 g/mol. The molecule has 1 aromatic rings. The third kappa shape index (κ3) is 1.27. The SMILES string of the molecule is Clc1ccc([C@@H]2C[C@H]3CNC[C@@H]32)cc1. The predicted molar refractivity (Wildman–Crippen MR) is 58.7 cm³/mol. The summed E-state index contributed by atoms with van der Waals surface area (Å²) in [4.78, 5) is 0. The third-order valence-electron chi connectivity index (χ3n) is 3.76. The number of rotatable bonds is 1. The second kappa shape index (κ2) is 3.25. The molecule has 0 amide bonds. The summed E-state index contributed by atoms with van der Waals surface area (Å²) in [6, 6.07) is 8.38. The molecule has 0 unspecified atom stereocenters. The Morgan fingerprint density at radius 3 is 2.64 bits per heavy atom. The quantitative estimate of drug-likeness (QED) is 0.747. The van der Waals surface area contributed by atoms with E-state index in [0.29, 0.717) is 0 Å². The first-order valence-electron chi connectivity index (χ1n) is 5.31. The van der Waals surface area contributed by atoms with E-state index in [1.165, 1.54) is 25.1 Å². The molecule has 3 atom stereocenters.